The van der Waals surface area contributed by atoms with Gasteiger partial charge in [0.15, 0.2) is 11.9 Å². The van der Waals surface area contributed by atoms with E-state index in [1.807, 2.05) is 75.4 Å². The van der Waals surface area contributed by atoms with Crippen molar-refractivity contribution < 1.29 is 29.3 Å². The number of nitrogens with one attached hydrogen (secondary N) is 2. The topological polar surface area (TPSA) is 151 Å². The number of unbranched alkanes of at least 4 members (excludes halogenated alkanes) is 4. The average Bonchev–Trinajstić information content (AvgIpc) is 3.67. The van der Waals surface area contributed by atoms with E-state index in [-0.39, 0.29) is 17.4 Å². The highest BCUT2D eigenvalue weighted by molar-refractivity contribution is 7.14. The number of carbonyl (C=O) groups is 3. The molecule has 4 N–H and O–H groups in total. The fourth-order valence-electron chi connectivity index (χ4n) is 5.65. The van der Waals surface area contributed by atoms with Crippen molar-refractivity contribution in [2.45, 2.75) is 96.7 Å². The van der Waals surface area contributed by atoms with Crippen LogP contribution >= 0.6 is 11.3 Å². The minimum Gasteiger partial charge on any atom is -0.494 e. The summed E-state index contributed by atoms with van der Waals surface area (Å²) < 4.78 is 5.89. The molecule has 2 aromatic heterocycles. The number of hydrogen-bond acceptors (Lipinski definition) is 8. The number of benzene rings is 2. The van der Waals surface area contributed by atoms with Crippen LogP contribution in [0.4, 0.5) is 0 Å². The van der Waals surface area contributed by atoms with Gasteiger partial charge in [0.25, 0.3) is 5.91 Å². The Bertz CT molecular complexity index is 1880. The summed E-state index contributed by atoms with van der Waals surface area (Å²) in [4.78, 5) is 49.8. The van der Waals surface area contributed by atoms with E-state index in [9.17, 15) is 24.6 Å². The van der Waals surface area contributed by atoms with Crippen LogP contribution in [0.5, 0.6) is 5.75 Å². The first-order valence-corrected chi connectivity index (χ1v) is 19.2. The highest BCUT2D eigenvalue weighted by atomic mass is 32.1. The maximum absolute atomic E-state index is 13.7. The number of aliphatic hydroxyl groups excluding tert-OH is 1. The molecule has 0 unspecified atom stereocenters. The van der Waals surface area contributed by atoms with Gasteiger partial charge >= 0.3 is 5.97 Å². The van der Waals surface area contributed by atoms with Crippen molar-refractivity contribution in [3.63, 3.8) is 0 Å². The first-order valence-electron chi connectivity index (χ1n) is 18.4. The second kappa shape index (κ2) is 19.8. The van der Waals surface area contributed by atoms with Crippen LogP contribution in [0.15, 0.2) is 97.4 Å². The zero-order valence-electron chi connectivity index (χ0n) is 31.8. The number of aliphatic carboxylic acids is 1. The van der Waals surface area contributed by atoms with Gasteiger partial charge in [0, 0.05) is 34.8 Å². The third-order valence-corrected chi connectivity index (χ3v) is 10.3. The third kappa shape index (κ3) is 11.9. The molecule has 0 fully saturated rings. The fourth-order valence-corrected chi connectivity index (χ4v) is 6.62. The van der Waals surface area contributed by atoms with Crippen LogP contribution < -0.4 is 15.4 Å². The van der Waals surface area contributed by atoms with E-state index in [1.165, 1.54) is 43.1 Å². The first kappa shape index (κ1) is 41.6. The summed E-state index contributed by atoms with van der Waals surface area (Å²) in [5.74, 6) is -1.32. The largest absolute Gasteiger partial charge is 0.494 e. The van der Waals surface area contributed by atoms with Gasteiger partial charge in [-0.25, -0.2) is 14.8 Å². The molecule has 0 radical (unpaired) electrons. The molecule has 286 valence electrons. The van der Waals surface area contributed by atoms with Crippen LogP contribution in [-0.2, 0) is 21.4 Å². The van der Waals surface area contributed by atoms with E-state index in [1.54, 1.807) is 31.5 Å². The standard InChI is InChI=1S/C43H52N4O6S/c1-7-9-10-11-12-24-53-33-20-18-30(19-21-33)32-26-44-39(45-27-32)31-16-14-29(15-17-31)25-34(46-41(50)35-22-23-36(54-35)43(4,5)6)40(49)47-37(42(51)52)38(48)28(3)13-8-2/h8,13-23,26-27,34,37-38,48H,3,7,9-12,24-25H2,1-2,4-6H3,(H,46,50)(H,47,49)(H,51,52)/b13-8-/t34-,37+,38-/m0/s1. The maximum atomic E-state index is 13.7. The van der Waals surface area contributed by atoms with Crippen LogP contribution in [0.1, 0.15) is 86.8 Å². The molecule has 2 heterocycles. The molecule has 2 aromatic carbocycles. The summed E-state index contributed by atoms with van der Waals surface area (Å²) in [6, 6.07) is 15.9. The number of thiophene rings is 1. The predicted octanol–water partition coefficient (Wildman–Crippen LogP) is 7.92. The zero-order chi connectivity index (χ0) is 39.3. The van der Waals surface area contributed by atoms with Crippen molar-refractivity contribution in [2.24, 2.45) is 0 Å². The smallest absolute Gasteiger partial charge is 0.329 e. The number of allylic oxidation sites excluding steroid dienone is 1. The highest BCUT2D eigenvalue weighted by Crippen LogP contribution is 2.30. The molecule has 54 heavy (non-hydrogen) atoms. The van der Waals surface area contributed by atoms with Gasteiger partial charge in [-0.1, -0.05) is 109 Å². The van der Waals surface area contributed by atoms with Gasteiger partial charge in [-0.2, -0.15) is 0 Å². The summed E-state index contributed by atoms with van der Waals surface area (Å²) in [5.41, 5.74) is 3.25. The van der Waals surface area contributed by atoms with Crippen LogP contribution in [0.3, 0.4) is 0 Å². The first-order chi connectivity index (χ1) is 25.8. The molecule has 3 atom stereocenters. The molecule has 0 aliphatic rings. The van der Waals surface area contributed by atoms with Crippen LogP contribution in [0, 0.1) is 0 Å². The van der Waals surface area contributed by atoms with Gasteiger partial charge in [-0.3, -0.25) is 9.59 Å². The van der Waals surface area contributed by atoms with Crippen molar-refractivity contribution in [3.05, 3.63) is 113 Å². The summed E-state index contributed by atoms with van der Waals surface area (Å²) in [6.45, 7) is 14.5. The molecule has 0 spiro atoms. The Balaban J connectivity index is 1.46. The Labute approximate surface area is 322 Å². The number of ether oxygens (including phenoxy) is 1. The van der Waals surface area contributed by atoms with Crippen molar-refractivity contribution >= 4 is 29.1 Å². The number of carboxylic acids is 1. The molecule has 0 saturated heterocycles. The highest BCUT2D eigenvalue weighted by Gasteiger charge is 2.33. The lowest BCUT2D eigenvalue weighted by Gasteiger charge is -2.24. The SMILES string of the molecule is C=C(/C=C\C)[C@H](O)[C@@H](NC(=O)[C@H](Cc1ccc(-c2ncc(-c3ccc(OCCCCCCC)cc3)cn2)cc1)NC(=O)c1ccc(C(C)(C)C)s1)C(=O)O. The minimum absolute atomic E-state index is 0.0476. The lowest BCUT2D eigenvalue weighted by atomic mass is 9.95. The van der Waals surface area contributed by atoms with Gasteiger partial charge in [0.1, 0.15) is 17.9 Å². The molecular weight excluding hydrogens is 701 g/mol. The minimum atomic E-state index is -1.69. The summed E-state index contributed by atoms with van der Waals surface area (Å²) in [6.07, 6.45) is 11.0. The van der Waals surface area contributed by atoms with Crippen molar-refractivity contribution in [3.8, 4) is 28.3 Å². The Hall–Kier alpha value is -5.13. The number of aliphatic hydroxyl groups is 1. The van der Waals surface area contributed by atoms with Crippen molar-refractivity contribution in [1.29, 1.82) is 0 Å². The van der Waals surface area contributed by atoms with Gasteiger partial charge < -0.3 is 25.6 Å². The van der Waals surface area contributed by atoms with E-state index in [2.05, 4.69) is 34.1 Å². The molecule has 0 aliphatic heterocycles. The Morgan fingerprint density at radius 3 is 2.13 bits per heavy atom. The molecule has 2 amide bonds. The van der Waals surface area contributed by atoms with Crippen LogP contribution in [0.2, 0.25) is 0 Å². The number of nitrogens with zero attached hydrogens (tertiary/aromatic N) is 2. The predicted molar refractivity (Wildman–Crippen MR) is 215 cm³/mol. The average molecular weight is 753 g/mol. The van der Waals surface area contributed by atoms with Crippen LogP contribution in [-0.4, -0.2) is 62.8 Å². The van der Waals surface area contributed by atoms with Gasteiger partial charge in [0.2, 0.25) is 5.91 Å². The Morgan fingerprint density at radius 1 is 0.889 bits per heavy atom. The molecule has 0 saturated carbocycles. The summed E-state index contributed by atoms with van der Waals surface area (Å²) >= 11 is 1.33. The molecule has 4 aromatic rings. The summed E-state index contributed by atoms with van der Waals surface area (Å²) in [5, 5.41) is 25.8. The van der Waals surface area contributed by atoms with Crippen molar-refractivity contribution in [1.82, 2.24) is 20.6 Å². The molecular formula is C43H52N4O6S. The van der Waals surface area contributed by atoms with E-state index in [0.717, 1.165) is 33.7 Å². The lowest BCUT2D eigenvalue weighted by molar-refractivity contribution is -0.144. The zero-order valence-corrected chi connectivity index (χ0v) is 32.6. The normalized spacial score (nSPS) is 13.2. The van der Waals surface area contributed by atoms with Gasteiger partial charge in [0.05, 0.1) is 11.5 Å². The molecule has 11 heteroatoms. The van der Waals surface area contributed by atoms with Crippen LogP contribution in [0.25, 0.3) is 22.5 Å². The number of rotatable bonds is 19. The quantitative estimate of drug-likeness (QED) is 0.0557. The second-order valence-electron chi connectivity index (χ2n) is 14.3. The number of hydrogen-bond donors (Lipinski definition) is 4. The monoisotopic (exact) mass is 752 g/mol. The number of aromatic nitrogens is 2. The fraction of sp³-hybridized carbons (Fsp3) is 0.372. The van der Waals surface area contributed by atoms with E-state index < -0.39 is 36.0 Å². The van der Waals surface area contributed by atoms with E-state index in [4.69, 9.17) is 4.74 Å². The lowest BCUT2D eigenvalue weighted by Crippen LogP contribution is -2.56. The Morgan fingerprint density at radius 2 is 1.54 bits per heavy atom. The third-order valence-electron chi connectivity index (χ3n) is 8.84. The number of carboxylic acid groups (broad SMARTS) is 1. The maximum Gasteiger partial charge on any atom is 0.329 e. The molecule has 0 bridgehead atoms. The van der Waals surface area contributed by atoms with E-state index >= 15 is 0 Å². The Kier molecular flexibility index (Phi) is 15.3. The molecule has 4 rings (SSSR count). The van der Waals surface area contributed by atoms with E-state index in [0.29, 0.717) is 22.9 Å². The van der Waals surface area contributed by atoms with Gasteiger partial charge in [-0.05, 0) is 59.7 Å². The molecule has 0 aliphatic carbocycles. The van der Waals surface area contributed by atoms with Gasteiger partial charge in [-0.15, -0.1) is 11.3 Å². The number of amides is 2. The molecule has 10 nitrogen and oxygen atoms in total. The second-order valence-corrected chi connectivity index (χ2v) is 15.4. The number of carbonyl (C=O) groups excluding carboxylic acids is 2. The van der Waals surface area contributed by atoms with Crippen molar-refractivity contribution in [2.75, 3.05) is 6.61 Å². The summed E-state index contributed by atoms with van der Waals surface area (Å²) in [7, 11) is 0.